The molecule has 0 aliphatic rings. The van der Waals surface area contributed by atoms with Crippen LogP contribution in [0.1, 0.15) is 17.6 Å². The Kier molecular flexibility index (Phi) is 3.17. The Bertz CT molecular complexity index is 424. The van der Waals surface area contributed by atoms with Gasteiger partial charge in [0.25, 0.3) is 6.43 Å². The summed E-state index contributed by atoms with van der Waals surface area (Å²) in [6.45, 7) is 0. The van der Waals surface area contributed by atoms with Gasteiger partial charge in [-0.15, -0.1) is 0 Å². The Morgan fingerprint density at radius 3 is 2.27 bits per heavy atom. The first-order valence-corrected chi connectivity index (χ1v) is 4.31. The lowest BCUT2D eigenvalue weighted by atomic mass is 10.1. The molecule has 0 aliphatic heterocycles. The molecule has 0 spiro atoms. The highest BCUT2D eigenvalue weighted by molar-refractivity contribution is 9.10. The van der Waals surface area contributed by atoms with E-state index in [0.717, 1.165) is 0 Å². The van der Waals surface area contributed by atoms with E-state index in [2.05, 4.69) is 15.9 Å². The molecule has 0 aliphatic carbocycles. The highest BCUT2D eigenvalue weighted by Gasteiger charge is 2.38. The van der Waals surface area contributed by atoms with Crippen molar-refractivity contribution in [2.45, 2.75) is 12.6 Å². The Hall–Kier alpha value is -0.920. The molecule has 1 aromatic heterocycles. The van der Waals surface area contributed by atoms with E-state index in [1.807, 2.05) is 0 Å². The molecule has 15 heavy (non-hydrogen) atoms. The average molecular weight is 292 g/mol. The van der Waals surface area contributed by atoms with Crippen molar-refractivity contribution in [2.24, 2.45) is 0 Å². The summed E-state index contributed by atoms with van der Waals surface area (Å²) < 4.78 is 60.6. The summed E-state index contributed by atoms with van der Waals surface area (Å²) in [6, 6.07) is 0.234. The third-order valence-electron chi connectivity index (χ3n) is 1.55. The Morgan fingerprint density at radius 2 is 1.87 bits per heavy atom. The number of rotatable bonds is 1. The van der Waals surface area contributed by atoms with E-state index in [0.29, 0.717) is 0 Å². The molecule has 2 nitrogen and oxygen atoms in total. The van der Waals surface area contributed by atoms with Gasteiger partial charge in [-0.1, -0.05) is 0 Å². The van der Waals surface area contributed by atoms with Gasteiger partial charge >= 0.3 is 6.18 Å². The minimum absolute atomic E-state index is 0.234. The fraction of sp³-hybridized carbons (Fsp3) is 0.286. The molecule has 1 heterocycles. The summed E-state index contributed by atoms with van der Waals surface area (Å²) >= 11 is 2.39. The minimum atomic E-state index is -4.95. The maximum Gasteiger partial charge on any atom is 0.419 e. The van der Waals surface area contributed by atoms with Crippen LogP contribution in [0.3, 0.4) is 0 Å². The molecular weight excluding hydrogens is 289 g/mol. The predicted molar refractivity (Wildman–Crippen MR) is 44.7 cm³/mol. The van der Waals surface area contributed by atoms with Gasteiger partial charge in [-0.2, -0.15) is 13.2 Å². The molecule has 0 radical (unpaired) electrons. The van der Waals surface area contributed by atoms with Crippen LogP contribution in [-0.2, 0) is 6.18 Å². The van der Waals surface area contributed by atoms with Crippen LogP contribution >= 0.6 is 15.9 Å². The number of nitrogens with one attached hydrogen (secondary N) is 1. The standard InChI is InChI=1S/C7H3BrF5NO/c8-5-4(7(11,12)13)2(6(9)10)1-3(15)14-5/h1,6H,(H,14,15). The van der Waals surface area contributed by atoms with Crippen LogP contribution in [0.2, 0.25) is 0 Å². The monoisotopic (exact) mass is 291 g/mol. The molecule has 1 rings (SSSR count). The maximum absolute atomic E-state index is 12.3. The van der Waals surface area contributed by atoms with Gasteiger partial charge in [0.2, 0.25) is 5.56 Å². The molecule has 0 saturated carbocycles. The number of H-pyrrole nitrogens is 1. The van der Waals surface area contributed by atoms with Gasteiger partial charge in [0, 0.05) is 11.6 Å². The van der Waals surface area contributed by atoms with Crippen LogP contribution < -0.4 is 5.56 Å². The molecule has 0 bridgehead atoms. The van der Waals surface area contributed by atoms with E-state index < -0.39 is 33.9 Å². The summed E-state index contributed by atoms with van der Waals surface area (Å²) in [5, 5.41) is 0. The molecular formula is C7H3BrF5NO. The molecule has 0 saturated heterocycles. The van der Waals surface area contributed by atoms with Crippen molar-refractivity contribution in [1.29, 1.82) is 0 Å². The summed E-state index contributed by atoms with van der Waals surface area (Å²) in [5.74, 6) is 0. The van der Waals surface area contributed by atoms with E-state index in [-0.39, 0.29) is 6.07 Å². The summed E-state index contributed by atoms with van der Waals surface area (Å²) in [7, 11) is 0. The largest absolute Gasteiger partial charge is 0.419 e. The van der Waals surface area contributed by atoms with Gasteiger partial charge in [-0.25, -0.2) is 8.78 Å². The highest BCUT2D eigenvalue weighted by atomic mass is 79.9. The Morgan fingerprint density at radius 1 is 1.33 bits per heavy atom. The van der Waals surface area contributed by atoms with E-state index >= 15 is 0 Å². The molecule has 0 fully saturated rings. The van der Waals surface area contributed by atoms with Crippen molar-refractivity contribution in [3.8, 4) is 0 Å². The zero-order chi connectivity index (χ0) is 11.8. The van der Waals surface area contributed by atoms with Crippen molar-refractivity contribution < 1.29 is 22.0 Å². The van der Waals surface area contributed by atoms with Crippen LogP contribution in [0.4, 0.5) is 22.0 Å². The summed E-state index contributed by atoms with van der Waals surface area (Å²) in [4.78, 5) is 12.5. The first kappa shape index (κ1) is 12.2. The van der Waals surface area contributed by atoms with Gasteiger partial charge in [0.1, 0.15) is 0 Å². The zero-order valence-electron chi connectivity index (χ0n) is 6.83. The highest BCUT2D eigenvalue weighted by Crippen LogP contribution is 2.38. The van der Waals surface area contributed by atoms with Crippen LogP contribution in [0.5, 0.6) is 0 Å². The molecule has 1 N–H and O–H groups in total. The Labute approximate surface area is 88.2 Å². The second-order valence-electron chi connectivity index (χ2n) is 2.58. The van der Waals surface area contributed by atoms with Gasteiger partial charge in [-0.3, -0.25) is 4.79 Å². The first-order valence-electron chi connectivity index (χ1n) is 3.51. The number of hydrogen-bond acceptors (Lipinski definition) is 1. The number of halogens is 6. The SMILES string of the molecule is O=c1cc(C(F)F)c(C(F)(F)F)c(Br)[nH]1. The van der Waals surface area contributed by atoms with Crippen molar-refractivity contribution >= 4 is 15.9 Å². The Balaban J connectivity index is 3.55. The van der Waals surface area contributed by atoms with E-state index in [1.54, 1.807) is 4.98 Å². The number of aromatic amines is 1. The van der Waals surface area contributed by atoms with Gasteiger partial charge in [0.15, 0.2) is 0 Å². The normalized spacial score (nSPS) is 12.2. The second-order valence-corrected chi connectivity index (χ2v) is 3.37. The van der Waals surface area contributed by atoms with Crippen molar-refractivity contribution in [2.75, 3.05) is 0 Å². The van der Waals surface area contributed by atoms with Gasteiger partial charge in [0.05, 0.1) is 10.2 Å². The summed E-state index contributed by atoms with van der Waals surface area (Å²) in [5.41, 5.74) is -3.92. The molecule has 0 aromatic carbocycles. The smallest absolute Gasteiger partial charge is 0.316 e. The first-order chi connectivity index (χ1) is 6.73. The molecule has 84 valence electrons. The number of aromatic nitrogens is 1. The lowest BCUT2D eigenvalue weighted by molar-refractivity contribution is -0.140. The predicted octanol–water partition coefficient (Wildman–Crippen LogP) is 3.09. The summed E-state index contributed by atoms with van der Waals surface area (Å²) in [6.07, 6.45) is -8.31. The second kappa shape index (κ2) is 3.92. The van der Waals surface area contributed by atoms with Crippen molar-refractivity contribution in [1.82, 2.24) is 4.98 Å². The fourth-order valence-electron chi connectivity index (χ4n) is 1.01. The quantitative estimate of drug-likeness (QED) is 0.626. The van der Waals surface area contributed by atoms with Gasteiger partial charge in [-0.05, 0) is 15.9 Å². The van der Waals surface area contributed by atoms with Crippen LogP contribution in [0, 0.1) is 0 Å². The van der Waals surface area contributed by atoms with Crippen LogP contribution in [0.15, 0.2) is 15.5 Å². The fourth-order valence-corrected chi connectivity index (χ4v) is 1.66. The molecule has 0 amide bonds. The van der Waals surface area contributed by atoms with E-state index in [4.69, 9.17) is 0 Å². The number of alkyl halides is 5. The molecule has 1 aromatic rings. The van der Waals surface area contributed by atoms with E-state index in [9.17, 15) is 26.7 Å². The number of hydrogen-bond donors (Lipinski definition) is 1. The van der Waals surface area contributed by atoms with E-state index in [1.165, 1.54) is 0 Å². The van der Waals surface area contributed by atoms with Crippen molar-refractivity contribution in [3.05, 3.63) is 32.2 Å². The lowest BCUT2D eigenvalue weighted by Crippen LogP contribution is -2.17. The van der Waals surface area contributed by atoms with Gasteiger partial charge < -0.3 is 4.98 Å². The third-order valence-corrected chi connectivity index (χ3v) is 2.14. The lowest BCUT2D eigenvalue weighted by Gasteiger charge is -2.13. The van der Waals surface area contributed by atoms with Crippen LogP contribution in [-0.4, -0.2) is 4.98 Å². The topological polar surface area (TPSA) is 32.9 Å². The molecule has 8 heteroatoms. The molecule has 0 atom stereocenters. The maximum atomic E-state index is 12.3. The van der Waals surface area contributed by atoms with Crippen LogP contribution in [0.25, 0.3) is 0 Å². The zero-order valence-corrected chi connectivity index (χ0v) is 8.42. The molecule has 0 unspecified atom stereocenters. The van der Waals surface area contributed by atoms with Crippen molar-refractivity contribution in [3.63, 3.8) is 0 Å². The minimum Gasteiger partial charge on any atom is -0.316 e. The average Bonchev–Trinajstić information content (AvgIpc) is 1.99. The third kappa shape index (κ3) is 2.55. The number of pyridine rings is 1.